The van der Waals surface area contributed by atoms with Crippen molar-refractivity contribution < 1.29 is 5.11 Å². The molecule has 122 valence electrons. The zero-order valence-corrected chi connectivity index (χ0v) is 13.8. The Kier molecular flexibility index (Phi) is 4.09. The Morgan fingerprint density at radius 1 is 0.760 bits per heavy atom. The molecule has 1 unspecified atom stereocenters. The molecule has 0 spiro atoms. The summed E-state index contributed by atoms with van der Waals surface area (Å²) in [5.74, 6) is 0.298. The van der Waals surface area contributed by atoms with Crippen LogP contribution in [0.25, 0.3) is 16.8 Å². The maximum absolute atomic E-state index is 10.1. The van der Waals surface area contributed by atoms with Crippen LogP contribution in [0.4, 0.5) is 0 Å². The summed E-state index contributed by atoms with van der Waals surface area (Å²) in [4.78, 5) is 0. The first-order chi connectivity index (χ1) is 12.3. The summed E-state index contributed by atoms with van der Waals surface area (Å²) in [5, 5.41) is 13.7. The number of hydrogen-bond donors (Lipinski definition) is 2. The van der Waals surface area contributed by atoms with Crippen molar-refractivity contribution in [3.63, 3.8) is 0 Å². The van der Waals surface area contributed by atoms with Gasteiger partial charge in [-0.25, -0.2) is 0 Å². The summed E-state index contributed by atoms with van der Waals surface area (Å²) in [7, 11) is 0. The molecule has 2 N–H and O–H groups in total. The highest BCUT2D eigenvalue weighted by Gasteiger charge is 2.14. The number of dihydropyridines is 1. The van der Waals surface area contributed by atoms with Crippen molar-refractivity contribution in [2.75, 3.05) is 0 Å². The van der Waals surface area contributed by atoms with Crippen LogP contribution in [0.2, 0.25) is 0 Å². The molecule has 2 nitrogen and oxygen atoms in total. The van der Waals surface area contributed by atoms with Crippen molar-refractivity contribution >= 4 is 5.70 Å². The van der Waals surface area contributed by atoms with Crippen molar-refractivity contribution in [2.45, 2.75) is 6.04 Å². The fourth-order valence-corrected chi connectivity index (χ4v) is 3.13. The third-order valence-electron chi connectivity index (χ3n) is 4.42. The molecule has 0 aromatic heterocycles. The van der Waals surface area contributed by atoms with E-state index in [1.165, 1.54) is 5.56 Å². The van der Waals surface area contributed by atoms with Crippen LogP contribution in [0.3, 0.4) is 0 Å². The topological polar surface area (TPSA) is 32.3 Å². The van der Waals surface area contributed by atoms with Crippen molar-refractivity contribution in [3.05, 3.63) is 108 Å². The van der Waals surface area contributed by atoms with Crippen LogP contribution in [0.5, 0.6) is 5.75 Å². The van der Waals surface area contributed by atoms with E-state index in [2.05, 4.69) is 59.9 Å². The van der Waals surface area contributed by atoms with Gasteiger partial charge in [-0.05, 0) is 34.9 Å². The summed E-state index contributed by atoms with van der Waals surface area (Å²) >= 11 is 0. The number of para-hydroxylation sites is 1. The van der Waals surface area contributed by atoms with Gasteiger partial charge < -0.3 is 10.4 Å². The van der Waals surface area contributed by atoms with Gasteiger partial charge in [0.15, 0.2) is 0 Å². The summed E-state index contributed by atoms with van der Waals surface area (Å²) in [5.41, 5.74) is 5.26. The predicted octanol–water partition coefficient (Wildman–Crippen LogP) is 5.30. The van der Waals surface area contributed by atoms with E-state index in [0.717, 1.165) is 22.4 Å². The first-order valence-electron chi connectivity index (χ1n) is 8.40. The first-order valence-corrected chi connectivity index (χ1v) is 8.40. The van der Waals surface area contributed by atoms with Crippen LogP contribution in [0.15, 0.2) is 97.1 Å². The normalized spacial score (nSPS) is 16.2. The molecule has 25 heavy (non-hydrogen) atoms. The van der Waals surface area contributed by atoms with Crippen molar-refractivity contribution in [3.8, 4) is 16.9 Å². The quantitative estimate of drug-likeness (QED) is 0.685. The SMILES string of the molecule is Oc1ccccc1-c1cccc(C2=CC=CC(c3ccccc3)N2)c1. The van der Waals surface area contributed by atoms with Gasteiger partial charge >= 0.3 is 0 Å². The molecule has 4 rings (SSSR count). The minimum atomic E-state index is 0.162. The van der Waals surface area contributed by atoms with E-state index in [-0.39, 0.29) is 6.04 Å². The highest BCUT2D eigenvalue weighted by Crippen LogP contribution is 2.31. The highest BCUT2D eigenvalue weighted by atomic mass is 16.3. The standard InChI is InChI=1S/C23H19NO/c25-23-15-5-4-12-20(23)18-10-6-11-19(16-18)22-14-7-13-21(24-22)17-8-2-1-3-9-17/h1-16,21,24-25H. The maximum Gasteiger partial charge on any atom is 0.123 e. The Bertz CT molecular complexity index is 941. The molecule has 0 bridgehead atoms. The monoisotopic (exact) mass is 325 g/mol. The lowest BCUT2D eigenvalue weighted by Gasteiger charge is -2.23. The summed E-state index contributed by atoms with van der Waals surface area (Å²) in [6.45, 7) is 0. The van der Waals surface area contributed by atoms with Gasteiger partial charge in [-0.2, -0.15) is 0 Å². The van der Waals surface area contributed by atoms with Gasteiger partial charge in [0.1, 0.15) is 5.75 Å². The van der Waals surface area contributed by atoms with E-state index in [0.29, 0.717) is 5.75 Å². The van der Waals surface area contributed by atoms with Crippen molar-refractivity contribution in [2.24, 2.45) is 0 Å². The number of phenols is 1. The minimum absolute atomic E-state index is 0.162. The number of aromatic hydroxyl groups is 1. The Hall–Kier alpha value is -3.26. The molecule has 1 aliphatic heterocycles. The van der Waals surface area contributed by atoms with Crippen LogP contribution in [-0.4, -0.2) is 5.11 Å². The Morgan fingerprint density at radius 2 is 1.52 bits per heavy atom. The molecule has 0 radical (unpaired) electrons. The lowest BCUT2D eigenvalue weighted by molar-refractivity contribution is 0.477. The zero-order valence-electron chi connectivity index (χ0n) is 13.8. The van der Waals surface area contributed by atoms with Crippen LogP contribution in [0, 0.1) is 0 Å². The smallest absolute Gasteiger partial charge is 0.123 e. The molecule has 3 aromatic carbocycles. The van der Waals surface area contributed by atoms with Gasteiger partial charge in [0.05, 0.1) is 6.04 Å². The van der Waals surface area contributed by atoms with E-state index in [1.807, 2.05) is 36.4 Å². The third kappa shape index (κ3) is 3.20. The second kappa shape index (κ2) is 6.70. The molecule has 1 heterocycles. The van der Waals surface area contributed by atoms with Crippen LogP contribution < -0.4 is 5.32 Å². The van der Waals surface area contributed by atoms with E-state index in [1.54, 1.807) is 6.07 Å². The lowest BCUT2D eigenvalue weighted by Crippen LogP contribution is -2.20. The van der Waals surface area contributed by atoms with Gasteiger partial charge in [-0.3, -0.25) is 0 Å². The number of rotatable bonds is 3. The van der Waals surface area contributed by atoms with E-state index in [4.69, 9.17) is 0 Å². The average molecular weight is 325 g/mol. The fourth-order valence-electron chi connectivity index (χ4n) is 3.13. The number of benzene rings is 3. The molecular formula is C23H19NO. The molecule has 0 saturated carbocycles. The largest absolute Gasteiger partial charge is 0.507 e. The lowest BCUT2D eigenvalue weighted by atomic mass is 9.98. The molecule has 3 aromatic rings. The van der Waals surface area contributed by atoms with Gasteiger partial charge in [-0.1, -0.05) is 78.9 Å². The Morgan fingerprint density at radius 3 is 2.36 bits per heavy atom. The number of hydrogen-bond acceptors (Lipinski definition) is 2. The molecule has 0 aliphatic carbocycles. The van der Waals surface area contributed by atoms with E-state index in [9.17, 15) is 5.11 Å². The van der Waals surface area contributed by atoms with Gasteiger partial charge in [0.2, 0.25) is 0 Å². The van der Waals surface area contributed by atoms with Gasteiger partial charge in [0, 0.05) is 11.3 Å². The maximum atomic E-state index is 10.1. The molecule has 1 atom stereocenters. The third-order valence-corrected chi connectivity index (χ3v) is 4.42. The second-order valence-electron chi connectivity index (χ2n) is 6.10. The number of phenolic OH excluding ortho intramolecular Hbond substituents is 1. The first kappa shape index (κ1) is 15.3. The molecule has 1 aliphatic rings. The Balaban J connectivity index is 1.65. The van der Waals surface area contributed by atoms with Crippen LogP contribution >= 0.6 is 0 Å². The summed E-state index contributed by atoms with van der Waals surface area (Å²) in [6.07, 6.45) is 6.34. The number of nitrogens with one attached hydrogen (secondary N) is 1. The fraction of sp³-hybridized carbons (Fsp3) is 0.0435. The highest BCUT2D eigenvalue weighted by molar-refractivity contribution is 5.76. The van der Waals surface area contributed by atoms with Crippen molar-refractivity contribution in [1.82, 2.24) is 5.32 Å². The Labute approximate surface area is 147 Å². The van der Waals surface area contributed by atoms with Gasteiger partial charge in [0.25, 0.3) is 0 Å². The molecular weight excluding hydrogens is 306 g/mol. The van der Waals surface area contributed by atoms with Crippen LogP contribution in [0.1, 0.15) is 17.2 Å². The average Bonchev–Trinajstić information content (AvgIpc) is 2.69. The van der Waals surface area contributed by atoms with E-state index >= 15 is 0 Å². The minimum Gasteiger partial charge on any atom is -0.507 e. The molecule has 2 heteroatoms. The summed E-state index contributed by atoms with van der Waals surface area (Å²) in [6, 6.07) is 26.2. The van der Waals surface area contributed by atoms with E-state index < -0.39 is 0 Å². The van der Waals surface area contributed by atoms with Crippen LogP contribution in [-0.2, 0) is 0 Å². The van der Waals surface area contributed by atoms with Gasteiger partial charge in [-0.15, -0.1) is 0 Å². The molecule has 0 fully saturated rings. The second-order valence-corrected chi connectivity index (χ2v) is 6.10. The summed E-state index contributed by atoms with van der Waals surface area (Å²) < 4.78 is 0. The predicted molar refractivity (Wildman–Crippen MR) is 103 cm³/mol. The number of allylic oxidation sites excluding steroid dienone is 2. The zero-order chi connectivity index (χ0) is 17.1. The van der Waals surface area contributed by atoms with Crippen molar-refractivity contribution in [1.29, 1.82) is 0 Å². The molecule has 0 amide bonds. The molecule has 0 saturated heterocycles.